The van der Waals surface area contributed by atoms with E-state index in [1.807, 2.05) is 19.5 Å². The summed E-state index contributed by atoms with van der Waals surface area (Å²) in [6, 6.07) is 0.976. The third-order valence-electron chi connectivity index (χ3n) is 1.49. The number of hydrogen-bond donors (Lipinski definition) is 0. The van der Waals surface area contributed by atoms with Gasteiger partial charge in [-0.15, -0.1) is 6.58 Å². The summed E-state index contributed by atoms with van der Waals surface area (Å²) < 4.78 is 11.4. The molecule has 0 amide bonds. The Morgan fingerprint density at radius 3 is 2.46 bits per heavy atom. The van der Waals surface area contributed by atoms with Gasteiger partial charge in [-0.3, -0.25) is 0 Å². The molecule has 0 saturated carbocycles. The van der Waals surface area contributed by atoms with Crippen LogP contribution in [0.2, 0.25) is 25.7 Å². The molecule has 0 heterocycles. The fraction of sp³-hybridized carbons (Fsp3) is 0.556. The summed E-state index contributed by atoms with van der Waals surface area (Å²) in [6.45, 7) is 15.7. The third-order valence-corrected chi connectivity index (χ3v) is 7.37. The molecule has 0 N–H and O–H groups in total. The molecule has 76 valence electrons. The molecule has 0 aromatic carbocycles. The molecule has 0 rings (SSSR count). The Bertz CT molecular complexity index is 190. The fourth-order valence-electron chi connectivity index (χ4n) is 1.15. The van der Waals surface area contributed by atoms with E-state index in [9.17, 15) is 0 Å². The second-order valence-corrected chi connectivity index (χ2v) is 10.00. The van der Waals surface area contributed by atoms with Crippen molar-refractivity contribution in [1.82, 2.24) is 0 Å². The molecule has 0 aliphatic carbocycles. The topological polar surface area (TPSA) is 18.5 Å². The first-order chi connectivity index (χ1) is 5.87. The highest BCUT2D eigenvalue weighted by molar-refractivity contribution is 6.77. The molecule has 0 bridgehead atoms. The molecule has 0 aromatic rings. The minimum Gasteiger partial charge on any atom is -0.527 e. The van der Waals surface area contributed by atoms with Gasteiger partial charge >= 0.3 is 9.28 Å². The Morgan fingerprint density at radius 2 is 2.08 bits per heavy atom. The molecule has 0 aliphatic heterocycles. The molecular weight excluding hydrogens is 196 g/mol. The fourth-order valence-corrected chi connectivity index (χ4v) is 6.59. The van der Waals surface area contributed by atoms with Crippen LogP contribution >= 0.6 is 0 Å². The SMILES string of the molecule is C=CC[Si](C)(C)O[SiH](C)OC(=C)C. The second-order valence-electron chi connectivity index (χ2n) is 3.76. The Kier molecular flexibility index (Phi) is 5.28. The highest BCUT2D eigenvalue weighted by atomic mass is 28.4. The van der Waals surface area contributed by atoms with E-state index in [-0.39, 0.29) is 0 Å². The van der Waals surface area contributed by atoms with Crippen LogP contribution in [0.25, 0.3) is 0 Å². The van der Waals surface area contributed by atoms with Gasteiger partial charge in [0.1, 0.15) is 0 Å². The van der Waals surface area contributed by atoms with E-state index in [0.29, 0.717) is 0 Å². The maximum Gasteiger partial charge on any atom is 0.368 e. The normalized spacial score (nSPS) is 13.5. The highest BCUT2D eigenvalue weighted by Gasteiger charge is 2.24. The molecular formula is C9H20O2Si2. The van der Waals surface area contributed by atoms with Crippen molar-refractivity contribution in [2.45, 2.75) is 32.6 Å². The summed E-state index contributed by atoms with van der Waals surface area (Å²) in [6.07, 6.45) is 1.92. The first-order valence-corrected chi connectivity index (χ1v) is 9.69. The van der Waals surface area contributed by atoms with E-state index in [1.165, 1.54) is 0 Å². The van der Waals surface area contributed by atoms with Gasteiger partial charge in [-0.25, -0.2) is 0 Å². The summed E-state index contributed by atoms with van der Waals surface area (Å²) in [5.41, 5.74) is 0. The lowest BCUT2D eigenvalue weighted by atomic mass is 10.7. The number of allylic oxidation sites excluding steroid dienone is 2. The standard InChI is InChI=1S/C9H20O2Si2/c1-7-8-13(5,6)11-12(4)10-9(2)3/h7,12H,1-2,8H2,3-6H3. The van der Waals surface area contributed by atoms with Crippen molar-refractivity contribution in [3.63, 3.8) is 0 Å². The molecule has 0 fully saturated rings. The second kappa shape index (κ2) is 5.41. The smallest absolute Gasteiger partial charge is 0.368 e. The molecule has 0 radical (unpaired) electrons. The maximum absolute atomic E-state index is 5.91. The van der Waals surface area contributed by atoms with Crippen LogP contribution in [0.3, 0.4) is 0 Å². The van der Waals surface area contributed by atoms with Gasteiger partial charge in [0.05, 0.1) is 5.76 Å². The van der Waals surface area contributed by atoms with Crippen molar-refractivity contribution in [1.29, 1.82) is 0 Å². The van der Waals surface area contributed by atoms with E-state index in [0.717, 1.165) is 11.8 Å². The van der Waals surface area contributed by atoms with Crippen molar-refractivity contribution in [3.8, 4) is 0 Å². The number of rotatable bonds is 6. The number of hydrogen-bond acceptors (Lipinski definition) is 2. The largest absolute Gasteiger partial charge is 0.527 e. The van der Waals surface area contributed by atoms with Gasteiger partial charge in [0.2, 0.25) is 0 Å². The Hall–Kier alpha value is -0.326. The molecule has 1 atom stereocenters. The van der Waals surface area contributed by atoms with Gasteiger partial charge in [-0.1, -0.05) is 12.7 Å². The van der Waals surface area contributed by atoms with Crippen LogP contribution in [-0.4, -0.2) is 17.6 Å². The minimum atomic E-state index is -1.56. The van der Waals surface area contributed by atoms with Crippen LogP contribution in [0.4, 0.5) is 0 Å². The zero-order valence-electron chi connectivity index (χ0n) is 9.09. The van der Waals surface area contributed by atoms with Crippen molar-refractivity contribution >= 4 is 17.6 Å². The van der Waals surface area contributed by atoms with E-state index in [2.05, 4.69) is 26.3 Å². The lowest BCUT2D eigenvalue weighted by Crippen LogP contribution is -2.37. The Balaban J connectivity index is 3.94. The van der Waals surface area contributed by atoms with Crippen molar-refractivity contribution in [2.75, 3.05) is 0 Å². The summed E-state index contributed by atoms with van der Waals surface area (Å²) in [5, 5.41) is 0. The molecule has 0 spiro atoms. The maximum atomic E-state index is 5.91. The van der Waals surface area contributed by atoms with E-state index in [1.54, 1.807) is 0 Å². The van der Waals surface area contributed by atoms with Crippen molar-refractivity contribution in [3.05, 3.63) is 25.0 Å². The van der Waals surface area contributed by atoms with Crippen LogP contribution in [0.5, 0.6) is 0 Å². The molecule has 4 heteroatoms. The molecule has 0 aliphatic rings. The average molecular weight is 216 g/mol. The average Bonchev–Trinajstić information content (AvgIpc) is 1.81. The van der Waals surface area contributed by atoms with Gasteiger partial charge in [-0.05, 0) is 32.6 Å². The highest BCUT2D eigenvalue weighted by Crippen LogP contribution is 2.14. The van der Waals surface area contributed by atoms with Crippen LogP contribution < -0.4 is 0 Å². The first kappa shape index (κ1) is 12.7. The van der Waals surface area contributed by atoms with Gasteiger partial charge < -0.3 is 8.54 Å². The molecule has 1 unspecified atom stereocenters. The lowest BCUT2D eigenvalue weighted by molar-refractivity contribution is 0.351. The predicted molar refractivity (Wildman–Crippen MR) is 62.5 cm³/mol. The lowest BCUT2D eigenvalue weighted by Gasteiger charge is -2.25. The first-order valence-electron chi connectivity index (χ1n) is 4.48. The third kappa shape index (κ3) is 6.80. The molecule has 0 saturated heterocycles. The molecule has 13 heavy (non-hydrogen) atoms. The Morgan fingerprint density at radius 1 is 1.54 bits per heavy atom. The van der Waals surface area contributed by atoms with Crippen LogP contribution in [-0.2, 0) is 8.54 Å². The van der Waals surface area contributed by atoms with E-state index >= 15 is 0 Å². The zero-order chi connectivity index (χ0) is 10.5. The van der Waals surface area contributed by atoms with Crippen LogP contribution in [0, 0.1) is 0 Å². The summed E-state index contributed by atoms with van der Waals surface area (Å²) in [4.78, 5) is 0. The Labute approximate surface area is 84.2 Å². The molecule has 2 nitrogen and oxygen atoms in total. The predicted octanol–water partition coefficient (Wildman–Crippen LogP) is 2.79. The van der Waals surface area contributed by atoms with E-state index < -0.39 is 17.6 Å². The van der Waals surface area contributed by atoms with Crippen molar-refractivity contribution in [2.24, 2.45) is 0 Å². The minimum absolute atomic E-state index is 0.752. The van der Waals surface area contributed by atoms with Crippen LogP contribution in [0.15, 0.2) is 25.0 Å². The van der Waals surface area contributed by atoms with Crippen LogP contribution in [0.1, 0.15) is 6.92 Å². The monoisotopic (exact) mass is 216 g/mol. The molecule has 0 aromatic heterocycles. The van der Waals surface area contributed by atoms with Gasteiger partial charge in [-0.2, -0.15) is 0 Å². The van der Waals surface area contributed by atoms with Gasteiger partial charge in [0, 0.05) is 0 Å². The van der Waals surface area contributed by atoms with E-state index in [4.69, 9.17) is 8.54 Å². The van der Waals surface area contributed by atoms with Gasteiger partial charge in [0.15, 0.2) is 8.32 Å². The summed E-state index contributed by atoms with van der Waals surface area (Å²) >= 11 is 0. The van der Waals surface area contributed by atoms with Gasteiger partial charge in [0.25, 0.3) is 0 Å². The summed E-state index contributed by atoms with van der Waals surface area (Å²) in [5.74, 6) is 0.752. The zero-order valence-corrected chi connectivity index (χ0v) is 11.2. The summed E-state index contributed by atoms with van der Waals surface area (Å²) in [7, 11) is -3.06. The quantitative estimate of drug-likeness (QED) is 0.386. The van der Waals surface area contributed by atoms with Crippen molar-refractivity contribution < 1.29 is 8.54 Å².